The van der Waals surface area contributed by atoms with Crippen molar-refractivity contribution in [1.82, 2.24) is 15.1 Å². The Labute approximate surface area is 285 Å². The van der Waals surface area contributed by atoms with Crippen LogP contribution in [0.4, 0.5) is 16.3 Å². The highest BCUT2D eigenvalue weighted by Gasteiger charge is 2.39. The summed E-state index contributed by atoms with van der Waals surface area (Å²) in [5.74, 6) is 0.501. The highest BCUT2D eigenvalue weighted by Crippen LogP contribution is 2.45. The van der Waals surface area contributed by atoms with Crippen molar-refractivity contribution in [2.24, 2.45) is 5.92 Å². The Morgan fingerprint density at radius 3 is 2.32 bits per heavy atom. The minimum absolute atomic E-state index is 0.0457. The van der Waals surface area contributed by atoms with Gasteiger partial charge in [-0.2, -0.15) is 5.10 Å². The average molecular weight is 690 g/mol. The second kappa shape index (κ2) is 13.1. The Hall–Kier alpha value is -3.70. The summed E-state index contributed by atoms with van der Waals surface area (Å²) < 4.78 is 32.0. The number of carbonyl (C=O) groups excluding carboxylic acids is 1. The van der Waals surface area contributed by atoms with E-state index in [1.807, 2.05) is 68.4 Å². The number of rotatable bonds is 7. The largest absolute Gasteiger partial charge is 0.324 e. The molecule has 1 aliphatic heterocycles. The van der Waals surface area contributed by atoms with Crippen molar-refractivity contribution in [3.63, 3.8) is 0 Å². The monoisotopic (exact) mass is 689 g/mol. The van der Waals surface area contributed by atoms with Crippen molar-refractivity contribution in [3.8, 4) is 5.69 Å². The van der Waals surface area contributed by atoms with E-state index in [4.69, 9.17) is 16.7 Å². The SMILES string of the molecule is Cc1ccc(-n2nc(C(C)(C)C)cc2NC(=O)Nc2ccc(C(C3CCNCC3)S(=O)(=O)c3sc4ccc(Cl)cc4c3C)cc2)cc1. The molecule has 5 aromatic rings. The van der Waals surface area contributed by atoms with E-state index in [9.17, 15) is 13.2 Å². The molecule has 1 atom stereocenters. The van der Waals surface area contributed by atoms with Crippen LogP contribution in [0.2, 0.25) is 5.02 Å². The van der Waals surface area contributed by atoms with Crippen molar-refractivity contribution < 1.29 is 13.2 Å². The molecule has 6 rings (SSSR count). The predicted molar refractivity (Wildman–Crippen MR) is 193 cm³/mol. The van der Waals surface area contributed by atoms with Gasteiger partial charge < -0.3 is 10.6 Å². The maximum atomic E-state index is 14.5. The summed E-state index contributed by atoms with van der Waals surface area (Å²) in [7, 11) is -3.74. The number of urea groups is 1. The van der Waals surface area contributed by atoms with E-state index in [1.165, 1.54) is 11.3 Å². The van der Waals surface area contributed by atoms with Crippen LogP contribution in [-0.2, 0) is 15.3 Å². The van der Waals surface area contributed by atoms with Crippen LogP contribution in [0.1, 0.15) is 61.2 Å². The highest BCUT2D eigenvalue weighted by molar-refractivity contribution is 7.94. The number of thiophene rings is 1. The summed E-state index contributed by atoms with van der Waals surface area (Å²) in [6.45, 7) is 11.7. The molecule has 3 heterocycles. The van der Waals surface area contributed by atoms with E-state index in [-0.39, 0.29) is 11.3 Å². The Morgan fingerprint density at radius 2 is 1.66 bits per heavy atom. The molecule has 8 nitrogen and oxygen atoms in total. The third-order valence-electron chi connectivity index (χ3n) is 8.75. The molecule has 3 N–H and O–H groups in total. The van der Waals surface area contributed by atoms with Crippen LogP contribution < -0.4 is 16.0 Å². The Kier molecular flexibility index (Phi) is 9.24. The second-order valence-electron chi connectivity index (χ2n) is 13.3. The first-order valence-corrected chi connectivity index (χ1v) is 18.5. The number of fused-ring (bicyclic) bond motifs is 1. The molecule has 2 amide bonds. The molecule has 11 heteroatoms. The third-order valence-corrected chi connectivity index (χ3v) is 13.2. The number of nitrogens with zero attached hydrogens (tertiary/aromatic N) is 2. The zero-order valence-corrected chi connectivity index (χ0v) is 29.6. The Morgan fingerprint density at radius 1 is 0.979 bits per heavy atom. The van der Waals surface area contributed by atoms with Crippen molar-refractivity contribution in [2.75, 3.05) is 23.7 Å². The number of aryl methyl sites for hydroxylation is 2. The van der Waals surface area contributed by atoms with Gasteiger partial charge >= 0.3 is 6.03 Å². The molecule has 0 spiro atoms. The molecule has 1 aliphatic rings. The highest BCUT2D eigenvalue weighted by atomic mass is 35.5. The molecule has 47 heavy (non-hydrogen) atoms. The number of anilines is 2. The summed E-state index contributed by atoms with van der Waals surface area (Å²) in [5, 5.41) is 14.8. The van der Waals surface area contributed by atoms with Gasteiger partial charge in [-0.3, -0.25) is 5.32 Å². The van der Waals surface area contributed by atoms with E-state index in [0.717, 1.165) is 58.5 Å². The van der Waals surface area contributed by atoms with Crippen LogP contribution in [0.25, 0.3) is 15.8 Å². The van der Waals surface area contributed by atoms with E-state index in [0.29, 0.717) is 26.3 Å². The lowest BCUT2D eigenvalue weighted by Crippen LogP contribution is -2.33. The lowest BCUT2D eigenvalue weighted by molar-refractivity contribution is 0.262. The van der Waals surface area contributed by atoms with Gasteiger partial charge in [0.15, 0.2) is 9.84 Å². The van der Waals surface area contributed by atoms with Gasteiger partial charge in [-0.05, 0) is 105 Å². The number of aromatic nitrogens is 2. The van der Waals surface area contributed by atoms with Gasteiger partial charge in [0.25, 0.3) is 0 Å². The van der Waals surface area contributed by atoms with Crippen LogP contribution in [0.5, 0.6) is 0 Å². The zero-order chi connectivity index (χ0) is 33.5. The molecule has 1 fully saturated rings. The van der Waals surface area contributed by atoms with Crippen LogP contribution >= 0.6 is 22.9 Å². The minimum atomic E-state index is -3.74. The zero-order valence-electron chi connectivity index (χ0n) is 27.2. The van der Waals surface area contributed by atoms with Crippen molar-refractivity contribution in [1.29, 1.82) is 0 Å². The van der Waals surface area contributed by atoms with Gasteiger partial charge in [0.2, 0.25) is 0 Å². The number of halogens is 1. The number of hydrogen-bond donors (Lipinski definition) is 3. The quantitative estimate of drug-likeness (QED) is 0.158. The van der Waals surface area contributed by atoms with Crippen LogP contribution in [0.3, 0.4) is 0 Å². The molecule has 0 radical (unpaired) electrons. The van der Waals surface area contributed by atoms with Gasteiger partial charge in [0.05, 0.1) is 16.6 Å². The second-order valence-corrected chi connectivity index (χ2v) is 17.1. The molecular weight excluding hydrogens is 650 g/mol. The topological polar surface area (TPSA) is 105 Å². The average Bonchev–Trinajstić information content (AvgIpc) is 3.60. The van der Waals surface area contributed by atoms with Crippen molar-refractivity contribution >= 4 is 60.4 Å². The number of nitrogens with one attached hydrogen (secondary N) is 3. The molecular formula is C36H40ClN5O3S2. The van der Waals surface area contributed by atoms with Gasteiger partial charge in [0.1, 0.15) is 10.0 Å². The Balaban J connectivity index is 1.26. The van der Waals surface area contributed by atoms with Crippen LogP contribution in [-0.4, -0.2) is 37.3 Å². The standard InChI is InChI=1S/C36H40ClN5O3S2/c1-22-6-13-28(14-7-22)42-32(21-31(41-42)36(3,4)5)40-35(43)39-27-11-8-24(9-12-27)33(25-16-18-38-19-17-25)47(44,45)34-23(2)29-20-26(37)10-15-30(29)46-34/h6-15,20-21,25,33,38H,16-19H2,1-5H3,(H2,39,40,43). The predicted octanol–water partition coefficient (Wildman–Crippen LogP) is 8.81. The molecule has 0 aliphatic carbocycles. The fraction of sp³-hybridized carbons (Fsp3) is 0.333. The number of amides is 2. The van der Waals surface area contributed by atoms with Gasteiger partial charge in [0, 0.05) is 26.9 Å². The minimum Gasteiger partial charge on any atom is -0.317 e. The number of hydrogen-bond acceptors (Lipinski definition) is 6. The summed E-state index contributed by atoms with van der Waals surface area (Å²) in [6.07, 6.45) is 1.51. The molecule has 1 unspecified atom stereocenters. The number of benzene rings is 3. The fourth-order valence-corrected chi connectivity index (χ4v) is 10.4. The van der Waals surface area contributed by atoms with Crippen LogP contribution in [0.15, 0.2) is 77.0 Å². The van der Waals surface area contributed by atoms with E-state index < -0.39 is 21.1 Å². The summed E-state index contributed by atoms with van der Waals surface area (Å²) >= 11 is 7.57. The number of carbonyl (C=O) groups is 1. The maximum absolute atomic E-state index is 14.5. The smallest absolute Gasteiger partial charge is 0.317 e. The molecule has 246 valence electrons. The molecule has 2 aromatic heterocycles. The molecule has 3 aromatic carbocycles. The van der Waals surface area contributed by atoms with Crippen LogP contribution in [0, 0.1) is 19.8 Å². The van der Waals surface area contributed by atoms with E-state index in [2.05, 4.69) is 36.7 Å². The maximum Gasteiger partial charge on any atom is 0.324 e. The fourth-order valence-electron chi connectivity index (χ4n) is 6.16. The van der Waals surface area contributed by atoms with Gasteiger partial charge in [-0.25, -0.2) is 17.9 Å². The summed E-state index contributed by atoms with van der Waals surface area (Å²) in [6, 6.07) is 22.1. The normalized spacial score (nSPS) is 15.1. The first kappa shape index (κ1) is 33.2. The lowest BCUT2D eigenvalue weighted by Gasteiger charge is -2.31. The Bertz CT molecular complexity index is 2020. The van der Waals surface area contributed by atoms with Gasteiger partial charge in [-0.1, -0.05) is 62.2 Å². The molecule has 0 saturated carbocycles. The third kappa shape index (κ3) is 6.97. The summed E-state index contributed by atoms with van der Waals surface area (Å²) in [4.78, 5) is 13.3. The van der Waals surface area contributed by atoms with Crippen molar-refractivity contribution in [3.05, 3.63) is 100 Å². The van der Waals surface area contributed by atoms with E-state index in [1.54, 1.807) is 22.9 Å². The number of piperidine rings is 1. The first-order chi connectivity index (χ1) is 22.3. The number of sulfone groups is 1. The summed E-state index contributed by atoms with van der Waals surface area (Å²) in [5.41, 5.74) is 4.61. The molecule has 0 bridgehead atoms. The van der Waals surface area contributed by atoms with E-state index >= 15 is 0 Å². The van der Waals surface area contributed by atoms with Gasteiger partial charge in [-0.15, -0.1) is 11.3 Å². The lowest BCUT2D eigenvalue weighted by atomic mass is 9.90. The first-order valence-electron chi connectivity index (χ1n) is 15.8. The van der Waals surface area contributed by atoms with Crippen molar-refractivity contribution in [2.45, 2.75) is 62.3 Å². The molecule has 1 saturated heterocycles.